The Morgan fingerprint density at radius 3 is 2.55 bits per heavy atom. The summed E-state index contributed by atoms with van der Waals surface area (Å²) in [4.78, 5) is 37.7. The summed E-state index contributed by atoms with van der Waals surface area (Å²) >= 11 is 0. The second-order valence-corrected chi connectivity index (χ2v) is 6.81. The van der Waals surface area contributed by atoms with Crippen LogP contribution in [0.2, 0.25) is 0 Å². The quantitative estimate of drug-likeness (QED) is 0.722. The molecule has 2 aromatic rings. The van der Waals surface area contributed by atoms with Crippen molar-refractivity contribution in [2.24, 2.45) is 0 Å². The molecule has 29 heavy (non-hydrogen) atoms. The monoisotopic (exact) mass is 397 g/mol. The third kappa shape index (κ3) is 4.23. The highest BCUT2D eigenvalue weighted by Gasteiger charge is 2.30. The first kappa shape index (κ1) is 20.4. The summed E-state index contributed by atoms with van der Waals surface area (Å²) in [6.07, 6.45) is 3.71. The van der Waals surface area contributed by atoms with Crippen LogP contribution in [0.25, 0.3) is 0 Å². The molecule has 1 aliphatic rings. The van der Waals surface area contributed by atoms with Crippen LogP contribution < -0.4 is 9.47 Å². The Morgan fingerprint density at radius 2 is 1.83 bits per heavy atom. The Kier molecular flexibility index (Phi) is 6.49. The summed E-state index contributed by atoms with van der Waals surface area (Å²) in [5.41, 5.74) is 0.593. The van der Waals surface area contributed by atoms with Crippen LogP contribution in [-0.4, -0.2) is 54.8 Å². The number of piperidine rings is 1. The summed E-state index contributed by atoms with van der Waals surface area (Å²) in [6, 6.07) is 9.32. The van der Waals surface area contributed by atoms with Gasteiger partial charge in [0.2, 0.25) is 0 Å². The van der Waals surface area contributed by atoms with Gasteiger partial charge in [-0.25, -0.2) is 0 Å². The molecule has 0 aliphatic carbocycles. The SMILES string of the molecule is COc1cccc(C(=O)N2CCCC[C@@H]2COc2cccc(O)c2C=O)c1C=O. The van der Waals surface area contributed by atoms with E-state index in [0.717, 1.165) is 19.3 Å². The highest BCUT2D eigenvalue weighted by atomic mass is 16.5. The van der Waals surface area contributed by atoms with Crippen LogP contribution >= 0.6 is 0 Å². The van der Waals surface area contributed by atoms with Crippen LogP contribution in [0.15, 0.2) is 36.4 Å². The van der Waals surface area contributed by atoms with Crippen molar-refractivity contribution >= 4 is 18.5 Å². The molecule has 7 nitrogen and oxygen atoms in total. The number of likely N-dealkylation sites (tertiary alicyclic amines) is 1. The number of carbonyl (C=O) groups excluding carboxylic acids is 3. The van der Waals surface area contributed by atoms with Gasteiger partial charge in [0.05, 0.1) is 29.8 Å². The Bertz CT molecular complexity index is 910. The molecule has 1 atom stereocenters. The number of ether oxygens (including phenoxy) is 2. The molecule has 1 fully saturated rings. The van der Waals surface area contributed by atoms with Gasteiger partial charge in [-0.1, -0.05) is 12.1 Å². The molecule has 3 rings (SSSR count). The van der Waals surface area contributed by atoms with Gasteiger partial charge >= 0.3 is 0 Å². The minimum atomic E-state index is -0.259. The van der Waals surface area contributed by atoms with E-state index in [2.05, 4.69) is 0 Å². The summed E-state index contributed by atoms with van der Waals surface area (Å²) in [5, 5.41) is 9.80. The maximum absolute atomic E-state index is 13.2. The number of phenols is 1. The van der Waals surface area contributed by atoms with Crippen LogP contribution in [-0.2, 0) is 0 Å². The summed E-state index contributed by atoms with van der Waals surface area (Å²) in [6.45, 7) is 0.722. The van der Waals surface area contributed by atoms with Crippen LogP contribution in [0.3, 0.4) is 0 Å². The summed E-state index contributed by atoms with van der Waals surface area (Å²) < 4.78 is 11.0. The molecule has 1 saturated heterocycles. The first-order chi connectivity index (χ1) is 14.1. The number of phenolic OH excluding ortho intramolecular Hbond substituents is 1. The van der Waals surface area contributed by atoms with Crippen molar-refractivity contribution in [2.45, 2.75) is 25.3 Å². The fourth-order valence-electron chi connectivity index (χ4n) is 3.59. The van der Waals surface area contributed by atoms with Crippen LogP contribution in [0.4, 0.5) is 0 Å². The summed E-state index contributed by atoms with van der Waals surface area (Å²) in [7, 11) is 1.45. The van der Waals surface area contributed by atoms with Gasteiger partial charge < -0.3 is 19.5 Å². The van der Waals surface area contributed by atoms with E-state index in [0.29, 0.717) is 24.9 Å². The summed E-state index contributed by atoms with van der Waals surface area (Å²) in [5.74, 6) is 0.214. The highest BCUT2D eigenvalue weighted by molar-refractivity contribution is 6.03. The Balaban J connectivity index is 1.82. The number of carbonyl (C=O) groups is 3. The second kappa shape index (κ2) is 9.23. The number of amides is 1. The number of hydrogen-bond donors (Lipinski definition) is 1. The second-order valence-electron chi connectivity index (χ2n) is 6.81. The van der Waals surface area contributed by atoms with Gasteiger partial charge in [0, 0.05) is 6.54 Å². The number of rotatable bonds is 7. The number of aromatic hydroxyl groups is 1. The average Bonchev–Trinajstić information content (AvgIpc) is 2.76. The average molecular weight is 397 g/mol. The molecular formula is C22H23NO6. The van der Waals surface area contributed by atoms with Crippen molar-refractivity contribution in [2.75, 3.05) is 20.3 Å². The zero-order valence-corrected chi connectivity index (χ0v) is 16.2. The topological polar surface area (TPSA) is 93.1 Å². The third-order valence-electron chi connectivity index (χ3n) is 5.11. The Hall–Kier alpha value is -3.35. The van der Waals surface area contributed by atoms with Crippen LogP contribution in [0, 0.1) is 0 Å². The maximum atomic E-state index is 13.2. The number of methoxy groups -OCH3 is 1. The van der Waals surface area contributed by atoms with E-state index < -0.39 is 0 Å². The molecule has 1 heterocycles. The van der Waals surface area contributed by atoms with E-state index in [1.165, 1.54) is 13.2 Å². The largest absolute Gasteiger partial charge is 0.507 e. The van der Waals surface area contributed by atoms with E-state index in [9.17, 15) is 19.5 Å². The molecule has 0 saturated carbocycles. The molecule has 2 aromatic carbocycles. The number of aldehydes is 2. The number of nitrogens with zero attached hydrogens (tertiary/aromatic N) is 1. The third-order valence-corrected chi connectivity index (χ3v) is 5.11. The number of benzene rings is 2. The molecular weight excluding hydrogens is 374 g/mol. The van der Waals surface area contributed by atoms with Crippen LogP contribution in [0.5, 0.6) is 17.2 Å². The molecule has 0 bridgehead atoms. The lowest BCUT2D eigenvalue weighted by Crippen LogP contribution is -2.47. The van der Waals surface area contributed by atoms with E-state index in [1.54, 1.807) is 35.2 Å². The Labute approximate surface area is 168 Å². The van der Waals surface area contributed by atoms with Crippen molar-refractivity contribution in [3.05, 3.63) is 53.1 Å². The highest BCUT2D eigenvalue weighted by Crippen LogP contribution is 2.28. The van der Waals surface area contributed by atoms with Gasteiger partial charge in [0.25, 0.3) is 5.91 Å². The zero-order valence-electron chi connectivity index (χ0n) is 16.2. The molecule has 7 heteroatoms. The maximum Gasteiger partial charge on any atom is 0.255 e. The van der Waals surface area contributed by atoms with Gasteiger partial charge in [-0.05, 0) is 43.5 Å². The van der Waals surface area contributed by atoms with Gasteiger partial charge in [0.1, 0.15) is 23.9 Å². The lowest BCUT2D eigenvalue weighted by Gasteiger charge is -2.36. The van der Waals surface area contributed by atoms with Crippen molar-refractivity contribution in [3.8, 4) is 17.2 Å². The molecule has 1 aliphatic heterocycles. The molecule has 0 radical (unpaired) electrons. The van der Waals surface area contributed by atoms with E-state index >= 15 is 0 Å². The normalized spacial score (nSPS) is 16.2. The number of hydrogen-bond acceptors (Lipinski definition) is 6. The van der Waals surface area contributed by atoms with Gasteiger partial charge in [-0.15, -0.1) is 0 Å². The van der Waals surface area contributed by atoms with E-state index in [-0.39, 0.29) is 46.7 Å². The van der Waals surface area contributed by atoms with Gasteiger partial charge in [0.15, 0.2) is 12.6 Å². The fourth-order valence-corrected chi connectivity index (χ4v) is 3.59. The molecule has 1 N–H and O–H groups in total. The van der Waals surface area contributed by atoms with Gasteiger partial charge in [-0.3, -0.25) is 14.4 Å². The molecule has 0 aromatic heterocycles. The molecule has 1 amide bonds. The fraction of sp³-hybridized carbons (Fsp3) is 0.318. The molecule has 0 spiro atoms. The smallest absolute Gasteiger partial charge is 0.255 e. The first-order valence-corrected chi connectivity index (χ1v) is 9.43. The van der Waals surface area contributed by atoms with Crippen molar-refractivity contribution in [1.29, 1.82) is 0 Å². The lowest BCUT2D eigenvalue weighted by molar-refractivity contribution is 0.0524. The minimum absolute atomic E-state index is 0.0808. The zero-order chi connectivity index (χ0) is 20.8. The van der Waals surface area contributed by atoms with E-state index in [4.69, 9.17) is 9.47 Å². The Morgan fingerprint density at radius 1 is 1.10 bits per heavy atom. The molecule has 0 unspecified atom stereocenters. The minimum Gasteiger partial charge on any atom is -0.507 e. The van der Waals surface area contributed by atoms with Crippen LogP contribution in [0.1, 0.15) is 50.3 Å². The van der Waals surface area contributed by atoms with E-state index in [1.807, 2.05) is 0 Å². The van der Waals surface area contributed by atoms with Crippen molar-refractivity contribution in [1.82, 2.24) is 4.90 Å². The predicted octanol–water partition coefficient (Wildman–Crippen LogP) is 3.10. The van der Waals surface area contributed by atoms with Crippen molar-refractivity contribution in [3.63, 3.8) is 0 Å². The predicted molar refractivity (Wildman–Crippen MR) is 106 cm³/mol. The van der Waals surface area contributed by atoms with Gasteiger partial charge in [-0.2, -0.15) is 0 Å². The standard InChI is InChI=1S/C22H23NO6/c1-28-20-9-4-7-16(17(20)12-24)22(27)23-11-3-2-6-15(23)14-29-21-10-5-8-19(26)18(21)13-25/h4-5,7-10,12-13,15,26H,2-3,6,11,14H2,1H3/t15-/m1/s1. The molecule has 152 valence electrons. The lowest BCUT2D eigenvalue weighted by atomic mass is 9.99. The first-order valence-electron chi connectivity index (χ1n) is 9.43. The van der Waals surface area contributed by atoms with Crippen molar-refractivity contribution < 1.29 is 29.0 Å².